The predicted molar refractivity (Wildman–Crippen MR) is 128 cm³/mol. The highest BCUT2D eigenvalue weighted by Gasteiger charge is 2.44. The topological polar surface area (TPSA) is 131 Å². The van der Waals surface area contributed by atoms with Gasteiger partial charge in [0.2, 0.25) is 5.91 Å². The molecule has 1 aromatic carbocycles. The Morgan fingerprint density at radius 2 is 2.17 bits per heavy atom. The second-order valence-corrected chi connectivity index (χ2v) is 8.56. The molecule has 2 heterocycles. The normalized spacial score (nSPS) is 15.0. The zero-order valence-electron chi connectivity index (χ0n) is 19.0. The summed E-state index contributed by atoms with van der Waals surface area (Å²) in [5, 5.41) is 29.1. The minimum Gasteiger partial charge on any atom is -0.362 e. The Balaban J connectivity index is 1.97. The summed E-state index contributed by atoms with van der Waals surface area (Å²) in [7, 11) is 0. The maximum absolute atomic E-state index is 13.6. The molecule has 2 aromatic heterocycles. The van der Waals surface area contributed by atoms with Gasteiger partial charge in [-0.2, -0.15) is 20.1 Å². The van der Waals surface area contributed by atoms with Crippen LogP contribution >= 0.6 is 11.6 Å². The first-order chi connectivity index (χ1) is 17.2. The lowest BCUT2D eigenvalue weighted by Crippen LogP contribution is -2.40. The number of amides is 1. The molecule has 0 spiro atoms. The number of fused-ring (bicyclic) bond motifs is 1. The van der Waals surface area contributed by atoms with Gasteiger partial charge in [0, 0.05) is 15.9 Å². The molecule has 0 saturated heterocycles. The van der Waals surface area contributed by atoms with Gasteiger partial charge in [-0.05, 0) is 49.7 Å². The van der Waals surface area contributed by atoms with E-state index in [9.17, 15) is 24.1 Å². The molecular weight excluding hydrogens is 490 g/mol. The number of carbonyl (C=O) groups excluding carboxylic acids is 1. The van der Waals surface area contributed by atoms with Crippen LogP contribution < -0.4 is 21.3 Å². The van der Waals surface area contributed by atoms with Gasteiger partial charge in [-0.15, -0.1) is 0 Å². The summed E-state index contributed by atoms with van der Waals surface area (Å²) in [6.07, 6.45) is 1.23. The van der Waals surface area contributed by atoms with Crippen LogP contribution in [0.3, 0.4) is 0 Å². The number of aromatic nitrogens is 3. The SMILES string of the molecule is C=CNc1cc(Cl)ccc1/C=c1\c(C)nc2c(C#N)c(C(F)F)nn2c1=NCC(=O)NC1(C#N)CC1. The quantitative estimate of drug-likeness (QED) is 0.504. The molecule has 0 bridgehead atoms. The fourth-order valence-corrected chi connectivity index (χ4v) is 3.81. The lowest BCUT2D eigenvalue weighted by molar-refractivity contribution is -0.120. The largest absolute Gasteiger partial charge is 0.362 e. The molecule has 0 radical (unpaired) electrons. The fourth-order valence-electron chi connectivity index (χ4n) is 3.64. The molecule has 1 saturated carbocycles. The van der Waals surface area contributed by atoms with E-state index in [0.717, 1.165) is 4.52 Å². The van der Waals surface area contributed by atoms with E-state index in [1.54, 1.807) is 37.3 Å². The predicted octanol–water partition coefficient (Wildman–Crippen LogP) is 2.68. The van der Waals surface area contributed by atoms with Gasteiger partial charge in [-0.25, -0.2) is 13.8 Å². The number of nitriles is 2. The Bertz CT molecular complexity index is 1600. The van der Waals surface area contributed by atoms with Crippen LogP contribution in [-0.4, -0.2) is 32.6 Å². The molecule has 0 atom stereocenters. The lowest BCUT2D eigenvalue weighted by Gasteiger charge is -2.08. The van der Waals surface area contributed by atoms with Crippen LogP contribution in [0.25, 0.3) is 11.7 Å². The van der Waals surface area contributed by atoms with Crippen molar-refractivity contribution in [2.75, 3.05) is 11.9 Å². The van der Waals surface area contributed by atoms with E-state index in [0.29, 0.717) is 40.0 Å². The van der Waals surface area contributed by atoms with Crippen LogP contribution in [-0.2, 0) is 4.79 Å². The molecule has 9 nitrogen and oxygen atoms in total. The van der Waals surface area contributed by atoms with Gasteiger partial charge >= 0.3 is 0 Å². The fraction of sp³-hybridized carbons (Fsp3) is 0.250. The summed E-state index contributed by atoms with van der Waals surface area (Å²) in [5.74, 6) is -0.509. The average Bonchev–Trinajstić information content (AvgIpc) is 3.51. The molecule has 1 aliphatic carbocycles. The summed E-state index contributed by atoms with van der Waals surface area (Å²) >= 11 is 6.11. The number of nitrogens with zero attached hydrogens (tertiary/aromatic N) is 6. The summed E-state index contributed by atoms with van der Waals surface area (Å²) in [5.41, 5.74) is -0.414. The Morgan fingerprint density at radius 3 is 2.78 bits per heavy atom. The monoisotopic (exact) mass is 508 g/mol. The second kappa shape index (κ2) is 9.72. The standard InChI is InChI=1S/C24H19ClF2N8O/c1-3-30-18-9-15(25)5-4-14(18)8-16-13(2)32-23-17(10-28)20(21(26)27)34-35(23)22(16)31-11-19(36)33-24(12-29)6-7-24/h3-5,8-9,21,30H,1,6-7,11H2,2H3,(H,33,36)/b16-8+,31-22?. The van der Waals surface area contributed by atoms with Crippen molar-refractivity contribution in [2.45, 2.75) is 31.7 Å². The molecule has 0 unspecified atom stereocenters. The summed E-state index contributed by atoms with van der Waals surface area (Å²) < 4.78 is 28.3. The van der Waals surface area contributed by atoms with Gasteiger partial charge in [0.15, 0.2) is 11.1 Å². The number of rotatable bonds is 7. The third-order valence-corrected chi connectivity index (χ3v) is 5.83. The number of anilines is 1. The number of alkyl halides is 2. The van der Waals surface area contributed by atoms with Crippen molar-refractivity contribution in [1.29, 1.82) is 10.5 Å². The maximum Gasteiger partial charge on any atom is 0.283 e. The zero-order chi connectivity index (χ0) is 26.0. The minimum atomic E-state index is -3.02. The molecule has 1 aliphatic rings. The van der Waals surface area contributed by atoms with Gasteiger partial charge in [0.05, 0.1) is 11.8 Å². The van der Waals surface area contributed by atoms with Crippen molar-refractivity contribution >= 4 is 34.9 Å². The molecule has 1 fully saturated rings. The third kappa shape index (κ3) is 4.74. The molecule has 36 heavy (non-hydrogen) atoms. The third-order valence-electron chi connectivity index (χ3n) is 5.60. The number of aryl methyl sites for hydroxylation is 1. The van der Waals surface area contributed by atoms with E-state index in [1.165, 1.54) is 6.20 Å². The Morgan fingerprint density at radius 1 is 1.42 bits per heavy atom. The van der Waals surface area contributed by atoms with Crippen molar-refractivity contribution in [3.63, 3.8) is 0 Å². The summed E-state index contributed by atoms with van der Waals surface area (Å²) in [4.78, 5) is 21.2. The highest BCUT2D eigenvalue weighted by atomic mass is 35.5. The van der Waals surface area contributed by atoms with E-state index in [4.69, 9.17) is 11.6 Å². The van der Waals surface area contributed by atoms with Crippen LogP contribution in [0.2, 0.25) is 5.02 Å². The number of carbonyl (C=O) groups is 1. The van der Waals surface area contributed by atoms with Crippen LogP contribution in [0.1, 0.15) is 41.8 Å². The first-order valence-electron chi connectivity index (χ1n) is 10.7. The number of hydrogen-bond acceptors (Lipinski definition) is 7. The first-order valence-corrected chi connectivity index (χ1v) is 11.1. The second-order valence-electron chi connectivity index (χ2n) is 8.13. The molecule has 3 aromatic rings. The zero-order valence-corrected chi connectivity index (χ0v) is 19.8. The molecular formula is C24H19ClF2N8O. The molecule has 182 valence electrons. The minimum absolute atomic E-state index is 0.0531. The van der Waals surface area contributed by atoms with Crippen molar-refractivity contribution in [3.05, 3.63) is 69.2 Å². The van der Waals surface area contributed by atoms with Crippen LogP contribution in [0, 0.1) is 29.6 Å². The maximum atomic E-state index is 13.6. The van der Waals surface area contributed by atoms with Crippen molar-refractivity contribution in [1.82, 2.24) is 19.9 Å². The lowest BCUT2D eigenvalue weighted by atomic mass is 10.1. The number of nitrogens with one attached hydrogen (secondary N) is 2. The van der Waals surface area contributed by atoms with Crippen molar-refractivity contribution < 1.29 is 13.6 Å². The molecule has 4 rings (SSSR count). The number of benzene rings is 1. The van der Waals surface area contributed by atoms with Crippen LogP contribution in [0.4, 0.5) is 14.5 Å². The van der Waals surface area contributed by atoms with E-state index in [2.05, 4.69) is 38.4 Å². The van der Waals surface area contributed by atoms with Gasteiger partial charge in [-0.1, -0.05) is 24.2 Å². The first kappa shape index (κ1) is 24.8. The highest BCUT2D eigenvalue weighted by molar-refractivity contribution is 6.30. The Labute approximate surface area is 209 Å². The Kier molecular flexibility index (Phi) is 6.69. The van der Waals surface area contributed by atoms with Gasteiger partial charge in [0.25, 0.3) is 6.43 Å². The molecule has 0 aliphatic heterocycles. The smallest absolute Gasteiger partial charge is 0.283 e. The van der Waals surface area contributed by atoms with Gasteiger partial charge in [-0.3, -0.25) is 9.79 Å². The van der Waals surface area contributed by atoms with Crippen LogP contribution in [0.15, 0.2) is 36.0 Å². The van der Waals surface area contributed by atoms with Gasteiger partial charge < -0.3 is 10.6 Å². The van der Waals surface area contributed by atoms with Crippen LogP contribution in [0.5, 0.6) is 0 Å². The summed E-state index contributed by atoms with van der Waals surface area (Å²) in [6, 6.07) is 8.87. The van der Waals surface area contributed by atoms with E-state index in [1.807, 2.05) is 0 Å². The number of halogens is 3. The molecule has 12 heteroatoms. The van der Waals surface area contributed by atoms with Crippen molar-refractivity contribution in [2.24, 2.45) is 4.99 Å². The van der Waals surface area contributed by atoms with E-state index < -0.39 is 30.1 Å². The van der Waals surface area contributed by atoms with E-state index >= 15 is 0 Å². The highest BCUT2D eigenvalue weighted by Crippen LogP contribution is 2.34. The number of hydrogen-bond donors (Lipinski definition) is 2. The molecule has 2 N–H and O–H groups in total. The summed E-state index contributed by atoms with van der Waals surface area (Å²) in [6.45, 7) is 4.89. The van der Waals surface area contributed by atoms with Gasteiger partial charge in [0.1, 0.15) is 29.4 Å². The van der Waals surface area contributed by atoms with Crippen molar-refractivity contribution in [3.8, 4) is 12.1 Å². The van der Waals surface area contributed by atoms with E-state index in [-0.39, 0.29) is 16.7 Å². The Hall–Kier alpha value is -4.35. The molecule has 1 amide bonds. The average molecular weight is 509 g/mol.